The number of aliphatic hydroxyl groups is 1. The Morgan fingerprint density at radius 1 is 1.25 bits per heavy atom. The third kappa shape index (κ3) is 4.03. The lowest BCUT2D eigenvalue weighted by Crippen LogP contribution is -2.12. The van der Waals surface area contributed by atoms with Crippen molar-refractivity contribution in [2.24, 2.45) is 0 Å². The van der Waals surface area contributed by atoms with Gasteiger partial charge in [-0.3, -0.25) is 4.79 Å². The molecule has 2 unspecified atom stereocenters. The molecule has 3 nitrogen and oxygen atoms in total. The van der Waals surface area contributed by atoms with E-state index in [1.165, 1.54) is 0 Å². The molecular formula is C13H18O3. The van der Waals surface area contributed by atoms with Crippen LogP contribution in [0.3, 0.4) is 0 Å². The van der Waals surface area contributed by atoms with Gasteiger partial charge in [-0.1, -0.05) is 30.3 Å². The van der Waals surface area contributed by atoms with Crippen molar-refractivity contribution in [2.45, 2.75) is 38.2 Å². The summed E-state index contributed by atoms with van der Waals surface area (Å²) < 4.78 is 0. The molecule has 2 N–H and O–H groups in total. The molecule has 0 spiro atoms. The van der Waals surface area contributed by atoms with Crippen LogP contribution in [-0.4, -0.2) is 22.3 Å². The number of rotatable bonds is 6. The lowest BCUT2D eigenvalue weighted by Gasteiger charge is -2.13. The second kappa shape index (κ2) is 6.28. The first-order valence-electron chi connectivity index (χ1n) is 5.57. The van der Waals surface area contributed by atoms with E-state index < -0.39 is 11.9 Å². The van der Waals surface area contributed by atoms with Gasteiger partial charge in [0.15, 0.2) is 0 Å². The lowest BCUT2D eigenvalue weighted by atomic mass is 9.93. The highest BCUT2D eigenvalue weighted by atomic mass is 16.4. The number of carboxylic acids is 1. The van der Waals surface area contributed by atoms with E-state index in [1.54, 1.807) is 6.92 Å². The van der Waals surface area contributed by atoms with Gasteiger partial charge in [0.1, 0.15) is 0 Å². The summed E-state index contributed by atoms with van der Waals surface area (Å²) in [5.41, 5.74) is 0.834. The molecule has 0 aliphatic heterocycles. The van der Waals surface area contributed by atoms with Crippen molar-refractivity contribution >= 4 is 5.97 Å². The van der Waals surface area contributed by atoms with Gasteiger partial charge in [0.05, 0.1) is 12.0 Å². The predicted molar refractivity (Wildman–Crippen MR) is 62.4 cm³/mol. The summed E-state index contributed by atoms with van der Waals surface area (Å²) in [6.07, 6.45) is 1.59. The van der Waals surface area contributed by atoms with Crippen molar-refractivity contribution in [3.05, 3.63) is 35.9 Å². The minimum absolute atomic E-state index is 0.356. The average Bonchev–Trinajstić information content (AvgIpc) is 2.25. The van der Waals surface area contributed by atoms with Gasteiger partial charge in [0.2, 0.25) is 0 Å². The topological polar surface area (TPSA) is 57.5 Å². The van der Waals surface area contributed by atoms with Gasteiger partial charge in [-0.15, -0.1) is 0 Å². The molecule has 0 radical (unpaired) electrons. The van der Waals surface area contributed by atoms with Crippen LogP contribution in [0.5, 0.6) is 0 Å². The Kier molecular flexibility index (Phi) is 4.99. The first-order chi connectivity index (χ1) is 7.61. The third-order valence-corrected chi connectivity index (χ3v) is 2.61. The first-order valence-corrected chi connectivity index (χ1v) is 5.57. The highest BCUT2D eigenvalue weighted by Crippen LogP contribution is 2.22. The normalized spacial score (nSPS) is 14.4. The molecule has 0 aliphatic rings. The lowest BCUT2D eigenvalue weighted by molar-refractivity contribution is -0.139. The number of carbonyl (C=O) groups is 1. The minimum Gasteiger partial charge on any atom is -0.481 e. The summed E-state index contributed by atoms with van der Waals surface area (Å²) in [5.74, 6) is -1.25. The zero-order valence-electron chi connectivity index (χ0n) is 9.47. The van der Waals surface area contributed by atoms with E-state index in [9.17, 15) is 4.79 Å². The summed E-state index contributed by atoms with van der Waals surface area (Å²) in [6, 6.07) is 9.24. The first kappa shape index (κ1) is 12.7. The van der Waals surface area contributed by atoms with E-state index in [-0.39, 0.29) is 6.10 Å². The highest BCUT2D eigenvalue weighted by Gasteiger charge is 2.18. The monoisotopic (exact) mass is 222 g/mol. The van der Waals surface area contributed by atoms with Gasteiger partial charge in [-0.05, 0) is 31.7 Å². The van der Waals surface area contributed by atoms with Crippen molar-refractivity contribution in [3.63, 3.8) is 0 Å². The van der Waals surface area contributed by atoms with Crippen molar-refractivity contribution < 1.29 is 15.0 Å². The maximum atomic E-state index is 11.1. The molecule has 16 heavy (non-hydrogen) atoms. The molecule has 0 saturated heterocycles. The zero-order chi connectivity index (χ0) is 12.0. The second-order valence-corrected chi connectivity index (χ2v) is 4.08. The molecule has 0 aromatic heterocycles. The van der Waals surface area contributed by atoms with Crippen molar-refractivity contribution in [1.82, 2.24) is 0 Å². The number of hydrogen-bond acceptors (Lipinski definition) is 2. The van der Waals surface area contributed by atoms with E-state index in [1.807, 2.05) is 30.3 Å². The van der Waals surface area contributed by atoms with E-state index in [2.05, 4.69) is 0 Å². The molecule has 0 aliphatic carbocycles. The van der Waals surface area contributed by atoms with Crippen LogP contribution in [0.25, 0.3) is 0 Å². The molecule has 0 saturated carbocycles. The molecule has 1 aromatic carbocycles. The fourth-order valence-corrected chi connectivity index (χ4v) is 1.74. The average molecular weight is 222 g/mol. The number of hydrogen-bond donors (Lipinski definition) is 2. The predicted octanol–water partition coefficient (Wildman–Crippen LogP) is 2.41. The van der Waals surface area contributed by atoms with Gasteiger partial charge >= 0.3 is 5.97 Å². The SMILES string of the molecule is CC(O)CCCC(C(=O)O)c1ccccc1. The molecular weight excluding hydrogens is 204 g/mol. The maximum Gasteiger partial charge on any atom is 0.310 e. The van der Waals surface area contributed by atoms with Crippen molar-refractivity contribution in [1.29, 1.82) is 0 Å². The van der Waals surface area contributed by atoms with Crippen LogP contribution in [-0.2, 0) is 4.79 Å². The summed E-state index contributed by atoms with van der Waals surface area (Å²) in [7, 11) is 0. The third-order valence-electron chi connectivity index (χ3n) is 2.61. The molecule has 0 amide bonds. The Bertz CT molecular complexity index is 319. The van der Waals surface area contributed by atoms with Crippen LogP contribution in [0.4, 0.5) is 0 Å². The van der Waals surface area contributed by atoms with Crippen LogP contribution in [0.1, 0.15) is 37.7 Å². The van der Waals surface area contributed by atoms with Crippen molar-refractivity contribution in [2.75, 3.05) is 0 Å². The standard InChI is InChI=1S/C13H18O3/c1-10(14)6-5-9-12(13(15)16)11-7-3-2-4-8-11/h2-4,7-8,10,12,14H,5-6,9H2,1H3,(H,15,16). The van der Waals surface area contributed by atoms with Crippen LogP contribution in [0, 0.1) is 0 Å². The molecule has 3 heteroatoms. The van der Waals surface area contributed by atoms with Crippen LogP contribution < -0.4 is 0 Å². The Morgan fingerprint density at radius 3 is 2.38 bits per heavy atom. The fraction of sp³-hybridized carbons (Fsp3) is 0.462. The molecule has 0 heterocycles. The van der Waals surface area contributed by atoms with Crippen LogP contribution in [0.15, 0.2) is 30.3 Å². The highest BCUT2D eigenvalue weighted by molar-refractivity contribution is 5.75. The van der Waals surface area contributed by atoms with Gasteiger partial charge in [0, 0.05) is 0 Å². The van der Waals surface area contributed by atoms with Crippen LogP contribution in [0.2, 0.25) is 0 Å². The van der Waals surface area contributed by atoms with Gasteiger partial charge < -0.3 is 10.2 Å². The summed E-state index contributed by atoms with van der Waals surface area (Å²) in [6.45, 7) is 1.72. The van der Waals surface area contributed by atoms with Gasteiger partial charge in [-0.25, -0.2) is 0 Å². The van der Waals surface area contributed by atoms with E-state index in [0.717, 1.165) is 12.0 Å². The minimum atomic E-state index is -0.795. The second-order valence-electron chi connectivity index (χ2n) is 4.08. The quantitative estimate of drug-likeness (QED) is 0.777. The maximum absolute atomic E-state index is 11.1. The van der Waals surface area contributed by atoms with E-state index in [0.29, 0.717) is 12.8 Å². The molecule has 0 fully saturated rings. The number of aliphatic hydroxyl groups excluding tert-OH is 1. The van der Waals surface area contributed by atoms with Crippen molar-refractivity contribution in [3.8, 4) is 0 Å². The van der Waals surface area contributed by atoms with E-state index >= 15 is 0 Å². The molecule has 0 bridgehead atoms. The molecule has 1 rings (SSSR count). The van der Waals surface area contributed by atoms with Crippen LogP contribution >= 0.6 is 0 Å². The van der Waals surface area contributed by atoms with Gasteiger partial charge in [-0.2, -0.15) is 0 Å². The van der Waals surface area contributed by atoms with E-state index in [4.69, 9.17) is 10.2 Å². The van der Waals surface area contributed by atoms with Gasteiger partial charge in [0.25, 0.3) is 0 Å². The summed E-state index contributed by atoms with van der Waals surface area (Å²) in [4.78, 5) is 11.1. The largest absolute Gasteiger partial charge is 0.481 e. The molecule has 2 atom stereocenters. The number of benzene rings is 1. The Morgan fingerprint density at radius 2 is 1.88 bits per heavy atom. The smallest absolute Gasteiger partial charge is 0.310 e. The Hall–Kier alpha value is -1.35. The fourth-order valence-electron chi connectivity index (χ4n) is 1.74. The number of aliphatic carboxylic acids is 1. The summed E-state index contributed by atoms with van der Waals surface area (Å²) in [5, 5.41) is 18.3. The zero-order valence-corrected chi connectivity index (χ0v) is 9.47. The Balaban J connectivity index is 2.59. The molecule has 88 valence electrons. The number of carboxylic acid groups (broad SMARTS) is 1. The molecule has 1 aromatic rings. The summed E-state index contributed by atoms with van der Waals surface area (Å²) >= 11 is 0. The Labute approximate surface area is 95.7 Å².